The van der Waals surface area contributed by atoms with Crippen molar-refractivity contribution in [1.82, 2.24) is 4.90 Å². The maximum absolute atomic E-state index is 12.1. The minimum atomic E-state index is -0.622. The highest BCUT2D eigenvalue weighted by Crippen LogP contribution is 2.30. The summed E-state index contributed by atoms with van der Waals surface area (Å²) in [4.78, 5) is 13.8. The number of carbonyl (C=O) groups excluding carboxylic acids is 1. The Labute approximate surface area is 116 Å². The molecule has 4 nitrogen and oxygen atoms in total. The summed E-state index contributed by atoms with van der Waals surface area (Å²) in [5.74, 6) is 0. The van der Waals surface area contributed by atoms with Crippen LogP contribution in [0.5, 0.6) is 0 Å². The first-order chi connectivity index (χ1) is 7.67. The SMILES string of the molecule is CC(C)(C)OC(=O)N1[C@H](/C=C/I)COC1(C)C. The summed E-state index contributed by atoms with van der Waals surface area (Å²) in [6.45, 7) is 9.83. The van der Waals surface area contributed by atoms with Crippen LogP contribution in [0.2, 0.25) is 0 Å². The van der Waals surface area contributed by atoms with Crippen molar-refractivity contribution in [3.63, 3.8) is 0 Å². The molecule has 17 heavy (non-hydrogen) atoms. The quantitative estimate of drug-likeness (QED) is 0.679. The molecule has 98 valence electrons. The standard InChI is InChI=1S/C12H20INO3/c1-11(2,3)17-10(15)14-9(6-7-13)8-16-12(14,4)5/h6-7,9H,8H2,1-5H3/b7-6+/t9-/m1/s1. The number of ether oxygens (including phenoxy) is 2. The molecule has 1 heterocycles. The summed E-state index contributed by atoms with van der Waals surface area (Å²) in [6, 6.07) is -0.0586. The molecule has 1 fully saturated rings. The van der Waals surface area contributed by atoms with E-state index < -0.39 is 11.3 Å². The zero-order valence-electron chi connectivity index (χ0n) is 11.0. The third-order valence-electron chi connectivity index (χ3n) is 2.40. The first-order valence-corrected chi connectivity index (χ1v) is 6.85. The maximum Gasteiger partial charge on any atom is 0.413 e. The Kier molecular flexibility index (Phi) is 4.46. The van der Waals surface area contributed by atoms with Crippen LogP contribution in [0.3, 0.4) is 0 Å². The van der Waals surface area contributed by atoms with Gasteiger partial charge < -0.3 is 9.47 Å². The molecular weight excluding hydrogens is 333 g/mol. The number of amides is 1. The second-order valence-corrected chi connectivity index (χ2v) is 6.21. The third-order valence-corrected chi connectivity index (χ3v) is 2.82. The summed E-state index contributed by atoms with van der Waals surface area (Å²) in [6.07, 6.45) is 1.61. The Morgan fingerprint density at radius 2 is 2.12 bits per heavy atom. The first-order valence-electron chi connectivity index (χ1n) is 5.60. The van der Waals surface area contributed by atoms with Crippen LogP contribution in [-0.2, 0) is 9.47 Å². The van der Waals surface area contributed by atoms with E-state index in [-0.39, 0.29) is 12.1 Å². The van der Waals surface area contributed by atoms with Crippen LogP contribution in [0.1, 0.15) is 34.6 Å². The zero-order valence-corrected chi connectivity index (χ0v) is 13.1. The highest BCUT2D eigenvalue weighted by atomic mass is 127. The molecule has 0 aromatic carbocycles. The topological polar surface area (TPSA) is 38.8 Å². The second kappa shape index (κ2) is 5.14. The van der Waals surface area contributed by atoms with Crippen LogP contribution in [0, 0.1) is 0 Å². The van der Waals surface area contributed by atoms with Gasteiger partial charge in [-0.2, -0.15) is 0 Å². The van der Waals surface area contributed by atoms with Crippen molar-refractivity contribution in [2.45, 2.75) is 52.0 Å². The van der Waals surface area contributed by atoms with Gasteiger partial charge in [-0.1, -0.05) is 28.7 Å². The van der Waals surface area contributed by atoms with Crippen molar-refractivity contribution in [1.29, 1.82) is 0 Å². The number of rotatable bonds is 1. The summed E-state index contributed by atoms with van der Waals surface area (Å²) in [7, 11) is 0. The Hall–Kier alpha value is -0.300. The molecule has 1 aliphatic heterocycles. The van der Waals surface area contributed by atoms with Gasteiger partial charge >= 0.3 is 6.09 Å². The van der Waals surface area contributed by atoms with Crippen LogP contribution < -0.4 is 0 Å². The second-order valence-electron chi connectivity index (χ2n) is 5.49. The summed E-state index contributed by atoms with van der Waals surface area (Å²) >= 11 is 2.14. The molecule has 0 aromatic rings. The fourth-order valence-electron chi connectivity index (χ4n) is 1.72. The van der Waals surface area contributed by atoms with Gasteiger partial charge in [-0.15, -0.1) is 0 Å². The molecule has 1 rings (SSSR count). The molecule has 0 N–H and O–H groups in total. The van der Waals surface area contributed by atoms with Gasteiger partial charge in [0.15, 0.2) is 0 Å². The third kappa shape index (κ3) is 3.84. The monoisotopic (exact) mass is 353 g/mol. The summed E-state index contributed by atoms with van der Waals surface area (Å²) in [5.41, 5.74) is -1.11. The molecule has 0 saturated carbocycles. The van der Waals surface area contributed by atoms with Crippen molar-refractivity contribution in [3.8, 4) is 0 Å². The van der Waals surface area contributed by atoms with Gasteiger partial charge in [0.1, 0.15) is 11.3 Å². The molecule has 0 aromatic heterocycles. The Morgan fingerprint density at radius 1 is 1.53 bits per heavy atom. The molecule has 1 saturated heterocycles. The zero-order chi connectivity index (χ0) is 13.3. The molecule has 0 radical (unpaired) electrons. The van der Waals surface area contributed by atoms with Crippen LogP contribution in [0.25, 0.3) is 0 Å². The lowest BCUT2D eigenvalue weighted by Crippen LogP contribution is -2.49. The van der Waals surface area contributed by atoms with E-state index >= 15 is 0 Å². The lowest BCUT2D eigenvalue weighted by atomic mass is 10.2. The first kappa shape index (κ1) is 14.8. The summed E-state index contributed by atoms with van der Waals surface area (Å²) in [5, 5.41) is 0. The van der Waals surface area contributed by atoms with Crippen LogP contribution >= 0.6 is 22.6 Å². The predicted molar refractivity (Wildman–Crippen MR) is 75.1 cm³/mol. The predicted octanol–water partition coefficient (Wildman–Crippen LogP) is 3.31. The fourth-order valence-corrected chi connectivity index (χ4v) is 2.20. The Balaban J connectivity index is 2.86. The van der Waals surface area contributed by atoms with Gasteiger partial charge in [0.25, 0.3) is 0 Å². The molecule has 1 aliphatic rings. The van der Waals surface area contributed by atoms with E-state index in [1.165, 1.54) is 0 Å². The number of hydrogen-bond donors (Lipinski definition) is 0. The van der Waals surface area contributed by atoms with E-state index in [9.17, 15) is 4.79 Å². The van der Waals surface area contributed by atoms with Crippen LogP contribution in [0.15, 0.2) is 10.2 Å². The van der Waals surface area contributed by atoms with Gasteiger partial charge in [-0.25, -0.2) is 4.79 Å². The smallest absolute Gasteiger partial charge is 0.413 e. The normalized spacial score (nSPS) is 24.4. The minimum Gasteiger partial charge on any atom is -0.444 e. The Morgan fingerprint density at radius 3 is 2.59 bits per heavy atom. The molecular formula is C12H20INO3. The van der Waals surface area contributed by atoms with Gasteiger partial charge in [-0.05, 0) is 38.7 Å². The lowest BCUT2D eigenvalue weighted by molar-refractivity contribution is -0.0610. The van der Waals surface area contributed by atoms with Crippen LogP contribution in [0.4, 0.5) is 4.79 Å². The maximum atomic E-state index is 12.1. The number of hydrogen-bond acceptors (Lipinski definition) is 3. The van der Waals surface area contributed by atoms with Crippen molar-refractivity contribution in [2.75, 3.05) is 6.61 Å². The molecule has 0 unspecified atom stereocenters. The molecule has 0 spiro atoms. The minimum absolute atomic E-state index is 0.0586. The van der Waals surface area contributed by atoms with E-state index in [0.717, 1.165) is 0 Å². The molecule has 0 bridgehead atoms. The largest absolute Gasteiger partial charge is 0.444 e. The number of nitrogens with zero attached hydrogens (tertiary/aromatic N) is 1. The van der Waals surface area contributed by atoms with Gasteiger partial charge in [0, 0.05) is 0 Å². The fraction of sp³-hybridized carbons (Fsp3) is 0.750. The average Bonchev–Trinajstić information content (AvgIpc) is 2.39. The van der Waals surface area contributed by atoms with Gasteiger partial charge in [0.2, 0.25) is 0 Å². The Bertz CT molecular complexity index is 320. The van der Waals surface area contributed by atoms with E-state index in [1.54, 1.807) is 4.90 Å². The highest BCUT2D eigenvalue weighted by Gasteiger charge is 2.44. The highest BCUT2D eigenvalue weighted by molar-refractivity contribution is 14.1. The number of halogens is 1. The molecule has 0 aliphatic carbocycles. The van der Waals surface area contributed by atoms with Crippen LogP contribution in [-0.4, -0.2) is 35.0 Å². The van der Waals surface area contributed by atoms with E-state index in [0.29, 0.717) is 6.61 Å². The number of carbonyl (C=O) groups is 1. The van der Waals surface area contributed by atoms with E-state index in [2.05, 4.69) is 22.6 Å². The van der Waals surface area contributed by atoms with Gasteiger partial charge in [0.05, 0.1) is 12.6 Å². The van der Waals surface area contributed by atoms with Crippen molar-refractivity contribution >= 4 is 28.7 Å². The van der Waals surface area contributed by atoms with Crippen molar-refractivity contribution in [2.24, 2.45) is 0 Å². The van der Waals surface area contributed by atoms with E-state index in [4.69, 9.17) is 9.47 Å². The molecule has 1 atom stereocenters. The molecule has 1 amide bonds. The molecule has 5 heteroatoms. The van der Waals surface area contributed by atoms with Crippen molar-refractivity contribution < 1.29 is 14.3 Å². The van der Waals surface area contributed by atoms with E-state index in [1.807, 2.05) is 44.8 Å². The van der Waals surface area contributed by atoms with Crippen molar-refractivity contribution in [3.05, 3.63) is 10.2 Å². The van der Waals surface area contributed by atoms with Gasteiger partial charge in [-0.3, -0.25) is 4.90 Å². The average molecular weight is 353 g/mol. The summed E-state index contributed by atoms with van der Waals surface area (Å²) < 4.78 is 12.9. The lowest BCUT2D eigenvalue weighted by Gasteiger charge is -2.34.